The highest BCUT2D eigenvalue weighted by atomic mass is 19.1. The predicted molar refractivity (Wildman–Crippen MR) is 87.3 cm³/mol. The van der Waals surface area contributed by atoms with E-state index in [2.05, 4.69) is 23.7 Å². The third-order valence-electron chi connectivity index (χ3n) is 3.97. The van der Waals surface area contributed by atoms with E-state index >= 15 is 0 Å². The zero-order valence-electron chi connectivity index (χ0n) is 13.1. The van der Waals surface area contributed by atoms with Crippen LogP contribution in [0.25, 0.3) is 0 Å². The van der Waals surface area contributed by atoms with E-state index in [1.54, 1.807) is 18.3 Å². The Labute approximate surface area is 135 Å². The van der Waals surface area contributed by atoms with Gasteiger partial charge in [-0.05, 0) is 30.2 Å². The summed E-state index contributed by atoms with van der Waals surface area (Å²) in [5.74, 6) is 6.45. The maximum atomic E-state index is 12.6. The fourth-order valence-corrected chi connectivity index (χ4v) is 2.44. The molecule has 0 saturated carbocycles. The minimum absolute atomic E-state index is 0.0834. The van der Waals surface area contributed by atoms with Crippen molar-refractivity contribution in [3.63, 3.8) is 0 Å². The summed E-state index contributed by atoms with van der Waals surface area (Å²) in [5, 5.41) is 0. The summed E-state index contributed by atoms with van der Waals surface area (Å²) in [5.41, 5.74) is 9.35. The van der Waals surface area contributed by atoms with Crippen molar-refractivity contribution in [2.24, 2.45) is 11.1 Å². The van der Waals surface area contributed by atoms with Crippen LogP contribution in [0.1, 0.15) is 35.3 Å². The van der Waals surface area contributed by atoms with Crippen LogP contribution in [0.5, 0.6) is 0 Å². The molecule has 118 valence electrons. The lowest BCUT2D eigenvalue weighted by atomic mass is 9.89. The summed E-state index contributed by atoms with van der Waals surface area (Å²) >= 11 is 0. The molecule has 0 unspecified atom stereocenters. The average molecular weight is 310 g/mol. The standard InChI is InChI=1S/C19H19FN2O/c1-19(12-23-13-19)9-8-16-3-2-10-22-18(16)17(21)15-6-4-14(11-20)5-7-15/h2-7,10,17H,11-13,21H2,1H3/t17-/m0/s1. The van der Waals surface area contributed by atoms with Crippen molar-refractivity contribution < 1.29 is 9.13 Å². The molecule has 0 spiro atoms. The highest BCUT2D eigenvalue weighted by Gasteiger charge is 2.31. The van der Waals surface area contributed by atoms with Crippen molar-refractivity contribution in [3.05, 3.63) is 65.0 Å². The molecule has 1 saturated heterocycles. The van der Waals surface area contributed by atoms with Gasteiger partial charge in [0.05, 0.1) is 30.4 Å². The highest BCUT2D eigenvalue weighted by molar-refractivity contribution is 5.43. The molecule has 1 aromatic heterocycles. The van der Waals surface area contributed by atoms with Crippen molar-refractivity contribution in [1.82, 2.24) is 4.98 Å². The van der Waals surface area contributed by atoms with Crippen LogP contribution in [0.3, 0.4) is 0 Å². The van der Waals surface area contributed by atoms with E-state index in [0.717, 1.165) is 16.8 Å². The minimum Gasteiger partial charge on any atom is -0.378 e. The van der Waals surface area contributed by atoms with Crippen LogP contribution in [0.15, 0.2) is 42.6 Å². The van der Waals surface area contributed by atoms with Crippen LogP contribution in [-0.2, 0) is 11.4 Å². The first-order valence-electron chi connectivity index (χ1n) is 7.57. The number of hydrogen-bond donors (Lipinski definition) is 1. The second-order valence-corrected chi connectivity index (χ2v) is 6.09. The topological polar surface area (TPSA) is 48.1 Å². The molecule has 0 amide bonds. The number of benzene rings is 1. The normalized spacial score (nSPS) is 16.8. The number of halogens is 1. The lowest BCUT2D eigenvalue weighted by Gasteiger charge is -2.32. The van der Waals surface area contributed by atoms with Gasteiger partial charge in [0, 0.05) is 11.8 Å². The van der Waals surface area contributed by atoms with Gasteiger partial charge in [-0.1, -0.05) is 36.1 Å². The van der Waals surface area contributed by atoms with Gasteiger partial charge in [-0.15, -0.1) is 0 Å². The quantitative estimate of drug-likeness (QED) is 0.887. The summed E-state index contributed by atoms with van der Waals surface area (Å²) in [4.78, 5) is 4.41. The number of nitrogens with two attached hydrogens (primary N) is 1. The lowest BCUT2D eigenvalue weighted by Crippen LogP contribution is -2.38. The maximum Gasteiger partial charge on any atom is 0.115 e. The summed E-state index contributed by atoms with van der Waals surface area (Å²) in [6.45, 7) is 2.92. The predicted octanol–water partition coefficient (Wildman–Crippen LogP) is 2.99. The molecule has 4 heteroatoms. The average Bonchev–Trinajstić information content (AvgIpc) is 2.58. The molecule has 3 rings (SSSR count). The van der Waals surface area contributed by atoms with Crippen LogP contribution in [0.4, 0.5) is 4.39 Å². The summed E-state index contributed by atoms with van der Waals surface area (Å²) in [6, 6.07) is 10.6. The van der Waals surface area contributed by atoms with Gasteiger partial charge in [0.15, 0.2) is 0 Å². The molecule has 0 aliphatic carbocycles. The Morgan fingerprint density at radius 1 is 1.30 bits per heavy atom. The van der Waals surface area contributed by atoms with Gasteiger partial charge in [-0.25, -0.2) is 4.39 Å². The van der Waals surface area contributed by atoms with Crippen molar-refractivity contribution in [2.75, 3.05) is 13.2 Å². The van der Waals surface area contributed by atoms with E-state index < -0.39 is 6.67 Å². The first kappa shape index (κ1) is 15.7. The highest BCUT2D eigenvalue weighted by Crippen LogP contribution is 2.26. The van der Waals surface area contributed by atoms with Crippen molar-refractivity contribution in [1.29, 1.82) is 0 Å². The van der Waals surface area contributed by atoms with Crippen LogP contribution in [0, 0.1) is 17.3 Å². The van der Waals surface area contributed by atoms with Gasteiger partial charge in [0.2, 0.25) is 0 Å². The van der Waals surface area contributed by atoms with Crippen LogP contribution in [-0.4, -0.2) is 18.2 Å². The SMILES string of the molecule is CC1(C#Cc2cccnc2[C@@H](N)c2ccc(CF)cc2)COC1. The zero-order chi connectivity index (χ0) is 16.3. The Bertz CT molecular complexity index is 742. The fraction of sp³-hybridized carbons (Fsp3) is 0.316. The number of alkyl halides is 1. The first-order chi connectivity index (χ1) is 11.1. The summed E-state index contributed by atoms with van der Waals surface area (Å²) in [7, 11) is 0. The molecule has 0 bridgehead atoms. The van der Waals surface area contributed by atoms with E-state index in [-0.39, 0.29) is 11.5 Å². The number of aromatic nitrogens is 1. The van der Waals surface area contributed by atoms with Gasteiger partial charge >= 0.3 is 0 Å². The Morgan fingerprint density at radius 3 is 2.65 bits per heavy atom. The first-order valence-corrected chi connectivity index (χ1v) is 7.57. The molecule has 1 fully saturated rings. The molecule has 23 heavy (non-hydrogen) atoms. The molecule has 1 aliphatic rings. The lowest BCUT2D eigenvalue weighted by molar-refractivity contribution is -0.0648. The molecule has 2 heterocycles. The van der Waals surface area contributed by atoms with Gasteiger partial charge < -0.3 is 10.5 Å². The number of nitrogens with zero attached hydrogens (tertiary/aromatic N) is 1. The molecular weight excluding hydrogens is 291 g/mol. The number of rotatable bonds is 3. The molecule has 0 radical (unpaired) electrons. The third-order valence-corrected chi connectivity index (χ3v) is 3.97. The minimum atomic E-state index is -0.476. The molecule has 2 N–H and O–H groups in total. The number of hydrogen-bond acceptors (Lipinski definition) is 3. The van der Waals surface area contributed by atoms with E-state index in [4.69, 9.17) is 10.5 Å². The summed E-state index contributed by atoms with van der Waals surface area (Å²) in [6.07, 6.45) is 1.71. The van der Waals surface area contributed by atoms with Gasteiger partial charge in [0.25, 0.3) is 0 Å². The van der Waals surface area contributed by atoms with E-state index in [1.165, 1.54) is 0 Å². The van der Waals surface area contributed by atoms with E-state index in [9.17, 15) is 4.39 Å². The van der Waals surface area contributed by atoms with Crippen molar-refractivity contribution in [2.45, 2.75) is 19.6 Å². The summed E-state index contributed by atoms with van der Waals surface area (Å²) < 4.78 is 17.8. The Balaban J connectivity index is 1.89. The smallest absolute Gasteiger partial charge is 0.115 e. The molecule has 1 aromatic carbocycles. The molecule has 3 nitrogen and oxygen atoms in total. The Kier molecular flexibility index (Phi) is 4.42. The second kappa shape index (κ2) is 6.49. The van der Waals surface area contributed by atoms with Crippen molar-refractivity contribution in [3.8, 4) is 11.8 Å². The molecular formula is C19H19FN2O. The Morgan fingerprint density at radius 2 is 2.04 bits per heavy atom. The van der Waals surface area contributed by atoms with Crippen LogP contribution < -0.4 is 5.73 Å². The monoisotopic (exact) mass is 310 g/mol. The molecule has 1 atom stereocenters. The maximum absolute atomic E-state index is 12.6. The van der Waals surface area contributed by atoms with E-state index in [0.29, 0.717) is 18.8 Å². The molecule has 2 aromatic rings. The second-order valence-electron chi connectivity index (χ2n) is 6.09. The van der Waals surface area contributed by atoms with E-state index in [1.807, 2.05) is 24.3 Å². The van der Waals surface area contributed by atoms with Crippen molar-refractivity contribution >= 4 is 0 Å². The van der Waals surface area contributed by atoms with Crippen LogP contribution in [0.2, 0.25) is 0 Å². The van der Waals surface area contributed by atoms with Gasteiger partial charge in [-0.3, -0.25) is 4.98 Å². The molecule has 1 aliphatic heterocycles. The largest absolute Gasteiger partial charge is 0.378 e. The zero-order valence-corrected chi connectivity index (χ0v) is 13.1. The third kappa shape index (κ3) is 3.42. The number of pyridine rings is 1. The fourth-order valence-electron chi connectivity index (χ4n) is 2.44. The van der Waals surface area contributed by atoms with Gasteiger partial charge in [-0.2, -0.15) is 0 Å². The number of ether oxygens (including phenoxy) is 1. The Hall–Kier alpha value is -2.22. The van der Waals surface area contributed by atoms with Gasteiger partial charge in [0.1, 0.15) is 6.67 Å². The van der Waals surface area contributed by atoms with Crippen LogP contribution >= 0.6 is 0 Å².